The molecule has 168 valence electrons. The second-order valence-electron chi connectivity index (χ2n) is 8.29. The number of piperidine rings is 1. The van der Waals surface area contributed by atoms with Crippen LogP contribution in [0.2, 0.25) is 0 Å². The van der Waals surface area contributed by atoms with Gasteiger partial charge in [-0.05, 0) is 60.6 Å². The first-order valence-corrected chi connectivity index (χ1v) is 12.3. The molecule has 0 atom stereocenters. The largest absolute Gasteiger partial charge is 0.497 e. The summed E-state index contributed by atoms with van der Waals surface area (Å²) < 4.78 is 32.5. The lowest BCUT2D eigenvalue weighted by molar-refractivity contribution is -0.126. The van der Waals surface area contributed by atoms with Gasteiger partial charge in [-0.15, -0.1) is 0 Å². The number of ether oxygens (including phenoxy) is 1. The molecule has 0 unspecified atom stereocenters. The summed E-state index contributed by atoms with van der Waals surface area (Å²) in [4.78, 5) is 12.8. The zero-order valence-electron chi connectivity index (χ0n) is 18.5. The highest BCUT2D eigenvalue weighted by molar-refractivity contribution is 7.89. The van der Waals surface area contributed by atoms with Crippen molar-refractivity contribution in [3.63, 3.8) is 0 Å². The molecule has 31 heavy (non-hydrogen) atoms. The minimum absolute atomic E-state index is 0.00634. The fourth-order valence-electron chi connectivity index (χ4n) is 3.80. The molecule has 1 fully saturated rings. The zero-order valence-corrected chi connectivity index (χ0v) is 19.3. The van der Waals surface area contributed by atoms with Crippen molar-refractivity contribution in [2.75, 3.05) is 26.7 Å². The van der Waals surface area contributed by atoms with Crippen LogP contribution in [0, 0.1) is 5.92 Å². The molecule has 0 aromatic heterocycles. The van der Waals surface area contributed by atoms with Crippen LogP contribution in [0.25, 0.3) is 0 Å². The van der Waals surface area contributed by atoms with Crippen LogP contribution >= 0.6 is 0 Å². The summed E-state index contributed by atoms with van der Waals surface area (Å²) in [6.07, 6.45) is 1.82. The Morgan fingerprint density at radius 2 is 1.68 bits per heavy atom. The quantitative estimate of drug-likeness (QED) is 0.675. The number of benzene rings is 2. The second kappa shape index (κ2) is 10.3. The summed E-state index contributed by atoms with van der Waals surface area (Å²) in [5.74, 6) is 1.03. The normalized spacial score (nSPS) is 15.7. The summed E-state index contributed by atoms with van der Waals surface area (Å²) in [6.45, 7) is 5.45. The molecule has 1 aliphatic rings. The molecule has 0 aliphatic carbocycles. The minimum Gasteiger partial charge on any atom is -0.497 e. The van der Waals surface area contributed by atoms with Crippen LogP contribution in [0.5, 0.6) is 5.75 Å². The van der Waals surface area contributed by atoms with E-state index in [1.807, 2.05) is 36.4 Å². The number of nitrogens with one attached hydrogen (secondary N) is 1. The third kappa shape index (κ3) is 5.86. The Morgan fingerprint density at radius 3 is 2.23 bits per heavy atom. The highest BCUT2D eigenvalue weighted by Gasteiger charge is 2.32. The van der Waals surface area contributed by atoms with Gasteiger partial charge in [0.2, 0.25) is 15.9 Å². The van der Waals surface area contributed by atoms with Crippen LogP contribution < -0.4 is 10.1 Å². The maximum Gasteiger partial charge on any atom is 0.243 e. The molecule has 7 heteroatoms. The Balaban J connectivity index is 1.48. The first-order chi connectivity index (χ1) is 14.8. The molecule has 6 nitrogen and oxygen atoms in total. The molecule has 2 aromatic carbocycles. The first kappa shape index (κ1) is 23.3. The van der Waals surface area contributed by atoms with E-state index in [0.717, 1.165) is 23.3 Å². The van der Waals surface area contributed by atoms with Gasteiger partial charge in [0, 0.05) is 25.6 Å². The van der Waals surface area contributed by atoms with Crippen LogP contribution in [0.3, 0.4) is 0 Å². The fourth-order valence-corrected chi connectivity index (χ4v) is 5.27. The lowest BCUT2D eigenvalue weighted by Crippen LogP contribution is -2.43. The Kier molecular flexibility index (Phi) is 7.73. The highest BCUT2D eigenvalue weighted by atomic mass is 32.2. The number of hydrogen-bond donors (Lipinski definition) is 1. The number of methoxy groups -OCH3 is 1. The molecule has 0 radical (unpaired) electrons. The molecule has 3 rings (SSSR count). The third-order valence-electron chi connectivity index (χ3n) is 5.88. The second-order valence-corrected chi connectivity index (χ2v) is 10.2. The SMILES string of the molecule is COc1ccc(CCNC(=O)C2CCN(S(=O)(=O)c3ccc(C(C)C)cc3)CC2)cc1. The standard InChI is InChI=1S/C24H32N2O4S/c1-18(2)20-6-10-23(11-7-20)31(28,29)26-16-13-21(14-17-26)24(27)25-15-12-19-4-8-22(30-3)9-5-19/h4-11,18,21H,12-17H2,1-3H3,(H,25,27). The van der Waals surface area contributed by atoms with E-state index in [1.165, 1.54) is 4.31 Å². The molecule has 0 saturated carbocycles. The van der Waals surface area contributed by atoms with Gasteiger partial charge in [0.05, 0.1) is 12.0 Å². The van der Waals surface area contributed by atoms with Crippen LogP contribution in [0.15, 0.2) is 53.4 Å². The summed E-state index contributed by atoms with van der Waals surface area (Å²) in [5, 5.41) is 2.99. The van der Waals surface area contributed by atoms with Crippen LogP contribution in [-0.4, -0.2) is 45.4 Å². The van der Waals surface area contributed by atoms with Gasteiger partial charge < -0.3 is 10.1 Å². The van der Waals surface area contributed by atoms with E-state index in [2.05, 4.69) is 19.2 Å². The Labute approximate surface area is 185 Å². The Morgan fingerprint density at radius 1 is 1.06 bits per heavy atom. The van der Waals surface area contributed by atoms with Gasteiger partial charge in [0.25, 0.3) is 0 Å². The highest BCUT2D eigenvalue weighted by Crippen LogP contribution is 2.25. The van der Waals surface area contributed by atoms with Crippen molar-refractivity contribution < 1.29 is 17.9 Å². The molecule has 1 aliphatic heterocycles. The minimum atomic E-state index is -3.52. The average Bonchev–Trinajstić information content (AvgIpc) is 2.79. The molecular weight excluding hydrogens is 412 g/mol. The molecule has 2 aromatic rings. The van der Waals surface area contributed by atoms with E-state index in [1.54, 1.807) is 19.2 Å². The zero-order chi connectivity index (χ0) is 22.4. The monoisotopic (exact) mass is 444 g/mol. The van der Waals surface area contributed by atoms with Crippen LogP contribution in [0.1, 0.15) is 43.7 Å². The number of rotatable bonds is 8. The molecular formula is C24H32N2O4S. The number of sulfonamides is 1. The van der Waals surface area contributed by atoms with Crippen molar-refractivity contribution in [3.05, 3.63) is 59.7 Å². The smallest absolute Gasteiger partial charge is 0.243 e. The van der Waals surface area contributed by atoms with Gasteiger partial charge in [-0.3, -0.25) is 4.79 Å². The topological polar surface area (TPSA) is 75.7 Å². The van der Waals surface area contributed by atoms with Crippen LogP contribution in [0.4, 0.5) is 0 Å². The van der Waals surface area contributed by atoms with E-state index in [4.69, 9.17) is 4.74 Å². The van der Waals surface area contributed by atoms with E-state index >= 15 is 0 Å². The van der Waals surface area contributed by atoms with E-state index in [9.17, 15) is 13.2 Å². The van der Waals surface area contributed by atoms with Gasteiger partial charge in [0.15, 0.2) is 0 Å². The van der Waals surface area contributed by atoms with Gasteiger partial charge in [-0.1, -0.05) is 38.1 Å². The number of amides is 1. The van der Waals surface area contributed by atoms with E-state index in [0.29, 0.717) is 43.3 Å². The number of nitrogens with zero attached hydrogens (tertiary/aromatic N) is 1. The fraction of sp³-hybridized carbons (Fsp3) is 0.458. The lowest BCUT2D eigenvalue weighted by atomic mass is 9.97. The van der Waals surface area contributed by atoms with Gasteiger partial charge in [0.1, 0.15) is 5.75 Å². The summed E-state index contributed by atoms with van der Waals surface area (Å²) in [6, 6.07) is 14.9. The van der Waals surface area contributed by atoms with Gasteiger partial charge >= 0.3 is 0 Å². The van der Waals surface area contributed by atoms with Gasteiger partial charge in [-0.25, -0.2) is 8.42 Å². The summed E-state index contributed by atoms with van der Waals surface area (Å²) >= 11 is 0. The molecule has 1 amide bonds. The average molecular weight is 445 g/mol. The van der Waals surface area contributed by atoms with Crippen molar-refractivity contribution in [3.8, 4) is 5.75 Å². The number of hydrogen-bond acceptors (Lipinski definition) is 4. The lowest BCUT2D eigenvalue weighted by Gasteiger charge is -2.30. The Hall–Kier alpha value is -2.38. The molecule has 1 N–H and O–H groups in total. The molecule has 1 heterocycles. The third-order valence-corrected chi connectivity index (χ3v) is 7.79. The predicted octanol–water partition coefficient (Wildman–Crippen LogP) is 3.58. The number of carbonyl (C=O) groups excluding carboxylic acids is 1. The Bertz CT molecular complexity index is 962. The predicted molar refractivity (Wildman–Crippen MR) is 122 cm³/mol. The number of carbonyl (C=O) groups is 1. The van der Waals surface area contributed by atoms with E-state index < -0.39 is 10.0 Å². The van der Waals surface area contributed by atoms with Crippen molar-refractivity contribution in [1.29, 1.82) is 0 Å². The van der Waals surface area contributed by atoms with E-state index in [-0.39, 0.29) is 11.8 Å². The first-order valence-electron chi connectivity index (χ1n) is 10.8. The van der Waals surface area contributed by atoms with Crippen molar-refractivity contribution in [1.82, 2.24) is 9.62 Å². The molecule has 0 spiro atoms. The van der Waals surface area contributed by atoms with Crippen molar-refractivity contribution >= 4 is 15.9 Å². The maximum atomic E-state index is 12.9. The van der Waals surface area contributed by atoms with Crippen molar-refractivity contribution in [2.24, 2.45) is 5.92 Å². The maximum absolute atomic E-state index is 12.9. The molecule has 0 bridgehead atoms. The summed E-state index contributed by atoms with van der Waals surface area (Å²) in [5.41, 5.74) is 2.24. The van der Waals surface area contributed by atoms with Gasteiger partial charge in [-0.2, -0.15) is 4.31 Å². The molecule has 1 saturated heterocycles. The summed E-state index contributed by atoms with van der Waals surface area (Å²) in [7, 11) is -1.89. The van der Waals surface area contributed by atoms with Crippen molar-refractivity contribution in [2.45, 2.75) is 43.9 Å². The van der Waals surface area contributed by atoms with Crippen LogP contribution in [-0.2, 0) is 21.2 Å².